The molecular weight excluding hydrogens is 365 g/mol. The highest BCUT2D eigenvalue weighted by Gasteiger charge is 2.19. The second kappa shape index (κ2) is 7.89. The molecule has 4 rings (SSSR count). The molecule has 0 saturated heterocycles. The highest BCUT2D eigenvalue weighted by atomic mass is 19.1. The maximum absolute atomic E-state index is 13.7. The molecule has 0 saturated carbocycles. The summed E-state index contributed by atoms with van der Waals surface area (Å²) in [6.45, 7) is 2.18. The first kappa shape index (κ1) is 18.9. The van der Waals surface area contributed by atoms with Crippen LogP contribution in [0.25, 0.3) is 11.1 Å². The second-order valence-corrected chi connectivity index (χ2v) is 7.26. The van der Waals surface area contributed by atoms with Gasteiger partial charge < -0.3 is 4.74 Å². The topological polar surface area (TPSA) is 50.1 Å². The van der Waals surface area contributed by atoms with Crippen LogP contribution in [0.15, 0.2) is 54.6 Å². The first-order valence-corrected chi connectivity index (χ1v) is 9.76. The van der Waals surface area contributed by atoms with Crippen molar-refractivity contribution < 1.29 is 13.9 Å². The summed E-state index contributed by atoms with van der Waals surface area (Å²) in [6.07, 6.45) is 4.02. The number of rotatable bonds is 4. The van der Waals surface area contributed by atoms with Crippen LogP contribution in [0.3, 0.4) is 0 Å². The SMILES string of the molecule is CCCc1ccc2c(c1)CCc1cc(C(=O)Oc3ccc(C#N)c(F)c3)ccc1-2. The second-order valence-electron chi connectivity index (χ2n) is 7.26. The zero-order valence-corrected chi connectivity index (χ0v) is 16.2. The fourth-order valence-corrected chi connectivity index (χ4v) is 3.84. The number of fused-ring (bicyclic) bond motifs is 3. The molecule has 0 unspecified atom stereocenters. The number of nitrogens with zero attached hydrogens (tertiary/aromatic N) is 1. The summed E-state index contributed by atoms with van der Waals surface area (Å²) >= 11 is 0. The van der Waals surface area contributed by atoms with Gasteiger partial charge in [-0.2, -0.15) is 5.26 Å². The lowest BCUT2D eigenvalue weighted by Crippen LogP contribution is -2.11. The van der Waals surface area contributed by atoms with Gasteiger partial charge in [0.15, 0.2) is 0 Å². The van der Waals surface area contributed by atoms with Gasteiger partial charge in [-0.1, -0.05) is 37.6 Å². The lowest BCUT2D eigenvalue weighted by Gasteiger charge is -2.21. The Morgan fingerprint density at radius 2 is 1.76 bits per heavy atom. The minimum Gasteiger partial charge on any atom is -0.423 e. The Labute approximate surface area is 169 Å². The largest absolute Gasteiger partial charge is 0.423 e. The van der Waals surface area contributed by atoms with Gasteiger partial charge in [0.05, 0.1) is 11.1 Å². The van der Waals surface area contributed by atoms with E-state index in [1.165, 1.54) is 28.8 Å². The molecule has 4 heteroatoms. The Balaban J connectivity index is 1.58. The van der Waals surface area contributed by atoms with E-state index in [0.717, 1.165) is 42.9 Å². The summed E-state index contributed by atoms with van der Waals surface area (Å²) < 4.78 is 19.0. The molecular formula is C25H20FNO2. The van der Waals surface area contributed by atoms with Gasteiger partial charge in [0.2, 0.25) is 0 Å². The highest BCUT2D eigenvalue weighted by molar-refractivity contribution is 5.92. The fourth-order valence-electron chi connectivity index (χ4n) is 3.84. The van der Waals surface area contributed by atoms with E-state index in [0.29, 0.717) is 5.56 Å². The Morgan fingerprint density at radius 3 is 2.45 bits per heavy atom. The van der Waals surface area contributed by atoms with Crippen LogP contribution in [0.2, 0.25) is 0 Å². The summed E-state index contributed by atoms with van der Waals surface area (Å²) in [5.74, 6) is -1.17. The van der Waals surface area contributed by atoms with Crippen LogP contribution in [0.5, 0.6) is 5.75 Å². The Hall–Kier alpha value is -3.45. The predicted molar refractivity (Wildman–Crippen MR) is 109 cm³/mol. The number of carbonyl (C=O) groups is 1. The van der Waals surface area contributed by atoms with Gasteiger partial charge in [-0.3, -0.25) is 0 Å². The van der Waals surface area contributed by atoms with Crippen molar-refractivity contribution in [3.8, 4) is 22.9 Å². The maximum Gasteiger partial charge on any atom is 0.343 e. The summed E-state index contributed by atoms with van der Waals surface area (Å²) in [4.78, 5) is 12.5. The number of ether oxygens (including phenoxy) is 1. The van der Waals surface area contributed by atoms with Crippen LogP contribution in [-0.4, -0.2) is 5.97 Å². The summed E-state index contributed by atoms with van der Waals surface area (Å²) in [7, 11) is 0. The average molecular weight is 385 g/mol. The van der Waals surface area contributed by atoms with Gasteiger partial charge in [-0.25, -0.2) is 9.18 Å². The third-order valence-corrected chi connectivity index (χ3v) is 5.27. The van der Waals surface area contributed by atoms with Crippen LogP contribution in [-0.2, 0) is 19.3 Å². The highest BCUT2D eigenvalue weighted by Crippen LogP contribution is 2.35. The molecule has 0 heterocycles. The Bertz CT molecular complexity index is 1140. The van der Waals surface area contributed by atoms with E-state index in [2.05, 4.69) is 25.1 Å². The van der Waals surface area contributed by atoms with Crippen molar-refractivity contribution in [2.45, 2.75) is 32.6 Å². The maximum atomic E-state index is 13.7. The number of esters is 1. The lowest BCUT2D eigenvalue weighted by atomic mass is 9.83. The number of aryl methyl sites for hydroxylation is 3. The van der Waals surface area contributed by atoms with E-state index in [-0.39, 0.29) is 11.3 Å². The van der Waals surface area contributed by atoms with Crippen LogP contribution in [0.1, 0.15) is 46.0 Å². The van der Waals surface area contributed by atoms with E-state index < -0.39 is 11.8 Å². The molecule has 0 spiro atoms. The van der Waals surface area contributed by atoms with Crippen molar-refractivity contribution in [3.63, 3.8) is 0 Å². The number of benzene rings is 3. The molecule has 3 aromatic rings. The van der Waals surface area contributed by atoms with Crippen molar-refractivity contribution >= 4 is 5.97 Å². The first-order chi connectivity index (χ1) is 14.1. The third kappa shape index (κ3) is 3.77. The van der Waals surface area contributed by atoms with E-state index in [4.69, 9.17) is 10.00 Å². The number of nitriles is 1. The molecule has 0 atom stereocenters. The quantitative estimate of drug-likeness (QED) is 0.432. The summed E-state index contributed by atoms with van der Waals surface area (Å²) in [5, 5.41) is 8.80. The van der Waals surface area contributed by atoms with Crippen molar-refractivity contribution in [2.75, 3.05) is 0 Å². The molecule has 29 heavy (non-hydrogen) atoms. The van der Waals surface area contributed by atoms with Crippen molar-refractivity contribution in [2.24, 2.45) is 0 Å². The molecule has 144 valence electrons. The van der Waals surface area contributed by atoms with E-state index >= 15 is 0 Å². The normalized spacial score (nSPS) is 11.9. The molecule has 3 nitrogen and oxygen atoms in total. The van der Waals surface area contributed by atoms with E-state index in [9.17, 15) is 9.18 Å². The Kier molecular flexibility index (Phi) is 5.14. The van der Waals surface area contributed by atoms with Crippen LogP contribution in [0, 0.1) is 17.1 Å². The molecule has 1 aliphatic rings. The third-order valence-electron chi connectivity index (χ3n) is 5.27. The first-order valence-electron chi connectivity index (χ1n) is 9.76. The zero-order valence-electron chi connectivity index (χ0n) is 16.2. The minimum absolute atomic E-state index is 0.0815. The van der Waals surface area contributed by atoms with Gasteiger partial charge in [0.1, 0.15) is 17.6 Å². The van der Waals surface area contributed by atoms with Gasteiger partial charge in [0, 0.05) is 6.07 Å². The van der Waals surface area contributed by atoms with Gasteiger partial charge in [-0.05, 0) is 71.3 Å². The van der Waals surface area contributed by atoms with Gasteiger partial charge >= 0.3 is 5.97 Å². The fraction of sp³-hybridized carbons (Fsp3) is 0.200. The molecule has 3 aromatic carbocycles. The van der Waals surface area contributed by atoms with Gasteiger partial charge in [0.25, 0.3) is 0 Å². The average Bonchev–Trinajstić information content (AvgIpc) is 2.73. The van der Waals surface area contributed by atoms with E-state index in [1.807, 2.05) is 12.1 Å². The smallest absolute Gasteiger partial charge is 0.343 e. The number of hydrogen-bond acceptors (Lipinski definition) is 3. The van der Waals surface area contributed by atoms with Crippen molar-refractivity contribution in [1.29, 1.82) is 5.26 Å². The monoisotopic (exact) mass is 385 g/mol. The Morgan fingerprint density at radius 1 is 1.03 bits per heavy atom. The lowest BCUT2D eigenvalue weighted by molar-refractivity contribution is 0.0734. The molecule has 0 radical (unpaired) electrons. The summed E-state index contributed by atoms with van der Waals surface area (Å²) in [5.41, 5.74) is 6.55. The zero-order chi connectivity index (χ0) is 20.4. The molecule has 0 fully saturated rings. The molecule has 0 N–H and O–H groups in total. The van der Waals surface area contributed by atoms with Crippen LogP contribution >= 0.6 is 0 Å². The standard InChI is InChI=1S/C25H20FNO2/c1-2-3-16-4-10-22-17(12-16)5-6-18-13-19(8-11-23(18)22)25(28)29-21-9-7-20(15-27)24(26)14-21/h4,7-14H,2-3,5-6H2,1H3. The number of hydrogen-bond donors (Lipinski definition) is 0. The molecule has 0 bridgehead atoms. The number of carbonyl (C=O) groups excluding carboxylic acids is 1. The predicted octanol–water partition coefficient (Wildman–Crippen LogP) is 5.63. The van der Waals surface area contributed by atoms with Crippen LogP contribution < -0.4 is 4.74 Å². The van der Waals surface area contributed by atoms with Gasteiger partial charge in [-0.15, -0.1) is 0 Å². The van der Waals surface area contributed by atoms with E-state index in [1.54, 1.807) is 12.1 Å². The van der Waals surface area contributed by atoms with Crippen molar-refractivity contribution in [3.05, 3.63) is 88.2 Å². The minimum atomic E-state index is -0.706. The molecule has 0 aliphatic heterocycles. The molecule has 0 amide bonds. The molecule has 0 aromatic heterocycles. The van der Waals surface area contributed by atoms with Crippen LogP contribution in [0.4, 0.5) is 4.39 Å². The molecule has 1 aliphatic carbocycles. The number of halogens is 1. The summed E-state index contributed by atoms with van der Waals surface area (Å²) in [6, 6.07) is 17.7. The van der Waals surface area contributed by atoms with Crippen molar-refractivity contribution in [1.82, 2.24) is 0 Å².